The number of hydrogen-bond donors (Lipinski definition) is 1. The summed E-state index contributed by atoms with van der Waals surface area (Å²) in [6.45, 7) is 6.08. The van der Waals surface area contributed by atoms with E-state index in [0.717, 1.165) is 17.4 Å². The number of nitrogens with zero attached hydrogens (tertiary/aromatic N) is 2. The third-order valence-electron chi connectivity index (χ3n) is 5.60. The highest BCUT2D eigenvalue weighted by Gasteiger charge is 2.26. The molecule has 0 aliphatic rings. The maximum atomic E-state index is 13.3. The van der Waals surface area contributed by atoms with Gasteiger partial charge in [0, 0.05) is 31.1 Å². The van der Waals surface area contributed by atoms with E-state index in [1.807, 2.05) is 25.1 Å². The van der Waals surface area contributed by atoms with Gasteiger partial charge in [0.15, 0.2) is 0 Å². The molecule has 0 aromatic heterocycles. The van der Waals surface area contributed by atoms with Crippen molar-refractivity contribution in [3.05, 3.63) is 58.6 Å². The van der Waals surface area contributed by atoms with Crippen molar-refractivity contribution >= 4 is 39.1 Å². The minimum absolute atomic E-state index is 0.0688. The molecule has 0 saturated carbocycles. The number of rotatable bonds is 12. The van der Waals surface area contributed by atoms with Crippen LogP contribution in [-0.2, 0) is 26.2 Å². The molecular weight excluding hydrogens is 490 g/mol. The minimum atomic E-state index is -3.60. The summed E-state index contributed by atoms with van der Waals surface area (Å²) in [5, 5.41) is 3.19. The molecule has 0 saturated heterocycles. The van der Waals surface area contributed by atoms with Crippen molar-refractivity contribution in [3.63, 3.8) is 0 Å². The number of carbonyl (C=O) groups is 2. The van der Waals surface area contributed by atoms with E-state index < -0.39 is 16.1 Å². The van der Waals surface area contributed by atoms with Crippen LogP contribution in [0.2, 0.25) is 5.02 Å². The van der Waals surface area contributed by atoms with Gasteiger partial charge in [-0.2, -0.15) is 0 Å². The molecule has 192 valence electrons. The van der Waals surface area contributed by atoms with E-state index in [4.69, 9.17) is 16.3 Å². The fourth-order valence-electron chi connectivity index (χ4n) is 3.71. The van der Waals surface area contributed by atoms with Gasteiger partial charge in [-0.05, 0) is 62.6 Å². The Morgan fingerprint density at radius 2 is 1.89 bits per heavy atom. The highest BCUT2D eigenvalue weighted by molar-refractivity contribution is 7.92. The Balaban J connectivity index is 2.21. The Hall–Kier alpha value is -2.78. The molecule has 2 aromatic rings. The van der Waals surface area contributed by atoms with Crippen LogP contribution in [0.3, 0.4) is 0 Å². The molecule has 0 radical (unpaired) electrons. The van der Waals surface area contributed by atoms with Crippen molar-refractivity contribution in [2.75, 3.05) is 30.8 Å². The maximum Gasteiger partial charge on any atom is 0.242 e. The fourth-order valence-corrected chi connectivity index (χ4v) is 4.89. The van der Waals surface area contributed by atoms with Gasteiger partial charge in [0.1, 0.15) is 11.8 Å². The number of halogens is 1. The predicted molar refractivity (Wildman–Crippen MR) is 139 cm³/mol. The smallest absolute Gasteiger partial charge is 0.242 e. The van der Waals surface area contributed by atoms with Crippen molar-refractivity contribution in [3.8, 4) is 5.75 Å². The summed E-state index contributed by atoms with van der Waals surface area (Å²) in [5.41, 5.74) is 2.06. The molecule has 0 heterocycles. The highest BCUT2D eigenvalue weighted by Crippen LogP contribution is 2.27. The predicted octanol–water partition coefficient (Wildman–Crippen LogP) is 3.76. The molecule has 2 amide bonds. The van der Waals surface area contributed by atoms with Gasteiger partial charge in [-0.3, -0.25) is 13.9 Å². The van der Waals surface area contributed by atoms with E-state index in [-0.39, 0.29) is 37.7 Å². The van der Waals surface area contributed by atoms with Gasteiger partial charge in [0.25, 0.3) is 0 Å². The quantitative estimate of drug-likeness (QED) is 0.457. The summed E-state index contributed by atoms with van der Waals surface area (Å²) in [4.78, 5) is 27.3. The summed E-state index contributed by atoms with van der Waals surface area (Å²) in [6.07, 6.45) is 1.47. The lowest BCUT2D eigenvalue weighted by Gasteiger charge is -2.29. The van der Waals surface area contributed by atoms with Crippen molar-refractivity contribution in [1.29, 1.82) is 0 Å². The number of aryl methyl sites for hydroxylation is 1. The number of anilines is 1. The molecule has 8 nitrogen and oxygen atoms in total. The Bertz CT molecular complexity index is 1140. The Kier molecular flexibility index (Phi) is 10.4. The van der Waals surface area contributed by atoms with Crippen molar-refractivity contribution in [2.24, 2.45) is 0 Å². The first-order valence-electron chi connectivity index (χ1n) is 11.4. The van der Waals surface area contributed by atoms with Crippen molar-refractivity contribution < 1.29 is 22.7 Å². The molecule has 0 aliphatic heterocycles. The Morgan fingerprint density at radius 1 is 1.17 bits per heavy atom. The summed E-state index contributed by atoms with van der Waals surface area (Å²) in [5.74, 6) is 0.153. The molecule has 0 spiro atoms. The normalized spacial score (nSPS) is 12.1. The summed E-state index contributed by atoms with van der Waals surface area (Å²) in [7, 11) is -2.03. The molecule has 2 rings (SSSR count). The van der Waals surface area contributed by atoms with Crippen molar-refractivity contribution in [2.45, 2.75) is 46.2 Å². The molecule has 1 atom stereocenters. The van der Waals surface area contributed by atoms with Crippen LogP contribution in [0.4, 0.5) is 5.69 Å². The number of ether oxygens (including phenoxy) is 1. The molecule has 2 aromatic carbocycles. The second-order valence-corrected chi connectivity index (χ2v) is 10.7. The van der Waals surface area contributed by atoms with Crippen LogP contribution < -0.4 is 14.4 Å². The molecule has 0 aliphatic carbocycles. The van der Waals surface area contributed by atoms with Gasteiger partial charge >= 0.3 is 0 Å². The van der Waals surface area contributed by atoms with E-state index >= 15 is 0 Å². The zero-order valence-electron chi connectivity index (χ0n) is 20.9. The third-order valence-corrected chi connectivity index (χ3v) is 7.01. The summed E-state index contributed by atoms with van der Waals surface area (Å²) < 4.78 is 31.5. The molecule has 0 fully saturated rings. The van der Waals surface area contributed by atoms with Crippen molar-refractivity contribution in [1.82, 2.24) is 10.2 Å². The van der Waals surface area contributed by atoms with E-state index in [9.17, 15) is 18.0 Å². The number of carbonyl (C=O) groups excluding carboxylic acids is 2. The standard InChI is InChI=1S/C25H34ClN3O5S/c1-6-27-25(31)19(3)28(17-20-9-7-10-22(15-20)34-4)24(30)11-8-14-29(35(5,32)33)23-16-21(26)13-12-18(23)2/h7,9-10,12-13,15-16,19H,6,8,11,14,17H2,1-5H3,(H,27,31). The number of sulfonamides is 1. The zero-order valence-corrected chi connectivity index (χ0v) is 22.4. The highest BCUT2D eigenvalue weighted by atomic mass is 35.5. The van der Waals surface area contributed by atoms with Gasteiger partial charge < -0.3 is 15.0 Å². The Morgan fingerprint density at radius 3 is 2.51 bits per heavy atom. The lowest BCUT2D eigenvalue weighted by atomic mass is 10.1. The SMILES string of the molecule is CCNC(=O)C(C)N(Cc1cccc(OC)c1)C(=O)CCCN(c1cc(Cl)ccc1C)S(C)(=O)=O. The first-order valence-corrected chi connectivity index (χ1v) is 13.6. The van der Waals surface area contributed by atoms with E-state index in [1.165, 1.54) is 9.21 Å². The van der Waals surface area contributed by atoms with E-state index in [1.54, 1.807) is 45.2 Å². The van der Waals surface area contributed by atoms with Crippen LogP contribution in [-0.4, -0.2) is 57.6 Å². The van der Waals surface area contributed by atoms with Crippen LogP contribution in [0.5, 0.6) is 5.75 Å². The van der Waals surface area contributed by atoms with Crippen LogP contribution in [0.1, 0.15) is 37.8 Å². The van der Waals surface area contributed by atoms with Gasteiger partial charge in [0.05, 0.1) is 19.1 Å². The van der Waals surface area contributed by atoms with Crippen LogP contribution in [0, 0.1) is 6.92 Å². The fraction of sp³-hybridized carbons (Fsp3) is 0.440. The summed E-state index contributed by atoms with van der Waals surface area (Å²) >= 11 is 6.10. The van der Waals surface area contributed by atoms with Gasteiger partial charge in [-0.15, -0.1) is 0 Å². The maximum absolute atomic E-state index is 13.3. The second-order valence-electron chi connectivity index (χ2n) is 8.31. The molecule has 35 heavy (non-hydrogen) atoms. The molecule has 10 heteroatoms. The van der Waals surface area contributed by atoms with Crippen LogP contribution in [0.15, 0.2) is 42.5 Å². The third kappa shape index (κ3) is 8.14. The molecule has 1 N–H and O–H groups in total. The largest absolute Gasteiger partial charge is 0.497 e. The second kappa shape index (κ2) is 12.8. The molecule has 1 unspecified atom stereocenters. The number of nitrogens with one attached hydrogen (secondary N) is 1. The van der Waals surface area contributed by atoms with Crippen LogP contribution >= 0.6 is 11.6 Å². The van der Waals surface area contributed by atoms with E-state index in [2.05, 4.69) is 5.32 Å². The topological polar surface area (TPSA) is 96.0 Å². The van der Waals surface area contributed by atoms with Gasteiger partial charge in [-0.25, -0.2) is 8.42 Å². The first kappa shape index (κ1) is 28.5. The molecular formula is C25H34ClN3O5S. The Labute approximate surface area is 213 Å². The average molecular weight is 524 g/mol. The van der Waals surface area contributed by atoms with Gasteiger partial charge in [-0.1, -0.05) is 29.8 Å². The number of benzene rings is 2. The lowest BCUT2D eigenvalue weighted by molar-refractivity contribution is -0.140. The zero-order chi connectivity index (χ0) is 26.2. The number of methoxy groups -OCH3 is 1. The number of amides is 2. The van der Waals surface area contributed by atoms with Gasteiger partial charge in [0.2, 0.25) is 21.8 Å². The number of hydrogen-bond acceptors (Lipinski definition) is 5. The minimum Gasteiger partial charge on any atom is -0.497 e. The summed E-state index contributed by atoms with van der Waals surface area (Å²) in [6, 6.07) is 11.7. The lowest BCUT2D eigenvalue weighted by Crippen LogP contribution is -2.47. The van der Waals surface area contributed by atoms with E-state index in [0.29, 0.717) is 23.0 Å². The average Bonchev–Trinajstić information content (AvgIpc) is 2.81. The monoisotopic (exact) mass is 523 g/mol. The first-order chi connectivity index (χ1) is 16.5. The van der Waals surface area contributed by atoms with Crippen LogP contribution in [0.25, 0.3) is 0 Å². The number of likely N-dealkylation sites (N-methyl/N-ethyl adjacent to an activating group) is 1. The molecule has 0 bridgehead atoms.